The molecule has 1 aromatic heterocycles. The van der Waals surface area contributed by atoms with Gasteiger partial charge in [0.2, 0.25) is 11.7 Å². The number of nitrogens with one attached hydrogen (secondary N) is 1. The summed E-state index contributed by atoms with van der Waals surface area (Å²) in [5.74, 6) is 1.11. The number of benzene rings is 2. The van der Waals surface area contributed by atoms with E-state index in [-0.39, 0.29) is 18.0 Å². The molecule has 0 spiro atoms. The average Bonchev–Trinajstić information content (AvgIpc) is 3.16. The lowest BCUT2D eigenvalue weighted by atomic mass is 10.2. The Morgan fingerprint density at radius 3 is 2.70 bits per heavy atom. The van der Waals surface area contributed by atoms with Crippen LogP contribution in [-0.2, 0) is 6.42 Å². The van der Waals surface area contributed by atoms with Crippen molar-refractivity contribution in [1.82, 2.24) is 15.5 Å². The van der Waals surface area contributed by atoms with E-state index in [0.717, 1.165) is 0 Å². The Bertz CT molecular complexity index is 942. The summed E-state index contributed by atoms with van der Waals surface area (Å²) in [6.45, 7) is 0.281. The van der Waals surface area contributed by atoms with Crippen LogP contribution in [0.25, 0.3) is 11.4 Å². The summed E-state index contributed by atoms with van der Waals surface area (Å²) in [7, 11) is 3.10. The van der Waals surface area contributed by atoms with Gasteiger partial charge in [-0.3, -0.25) is 4.79 Å². The summed E-state index contributed by atoms with van der Waals surface area (Å²) >= 11 is 0. The molecular weight excluding hydrogens is 353 g/mol. The molecule has 0 saturated heterocycles. The molecule has 0 unspecified atom stereocenters. The van der Waals surface area contributed by atoms with E-state index in [1.807, 2.05) is 0 Å². The van der Waals surface area contributed by atoms with Crippen molar-refractivity contribution in [1.29, 1.82) is 0 Å². The van der Waals surface area contributed by atoms with Gasteiger partial charge in [0.15, 0.2) is 11.5 Å². The summed E-state index contributed by atoms with van der Waals surface area (Å²) in [4.78, 5) is 16.3. The van der Waals surface area contributed by atoms with Crippen molar-refractivity contribution in [3.8, 4) is 22.9 Å². The van der Waals surface area contributed by atoms with Gasteiger partial charge < -0.3 is 19.3 Å². The number of rotatable bonds is 7. The van der Waals surface area contributed by atoms with Gasteiger partial charge in [0.25, 0.3) is 5.91 Å². The third-order valence-corrected chi connectivity index (χ3v) is 3.82. The van der Waals surface area contributed by atoms with E-state index in [0.29, 0.717) is 35.2 Å². The molecule has 27 heavy (non-hydrogen) atoms. The van der Waals surface area contributed by atoms with Gasteiger partial charge in [-0.15, -0.1) is 0 Å². The molecule has 0 aliphatic carbocycles. The van der Waals surface area contributed by atoms with Gasteiger partial charge in [-0.1, -0.05) is 11.2 Å². The Morgan fingerprint density at radius 1 is 1.15 bits per heavy atom. The fourth-order valence-corrected chi connectivity index (χ4v) is 2.46. The summed E-state index contributed by atoms with van der Waals surface area (Å²) in [5, 5.41) is 6.63. The number of aromatic nitrogens is 2. The second kappa shape index (κ2) is 8.31. The van der Waals surface area contributed by atoms with E-state index in [1.165, 1.54) is 18.2 Å². The van der Waals surface area contributed by atoms with Crippen LogP contribution >= 0.6 is 0 Å². The number of ether oxygens (including phenoxy) is 2. The second-order valence-corrected chi connectivity index (χ2v) is 5.60. The molecule has 1 amide bonds. The van der Waals surface area contributed by atoms with Gasteiger partial charge in [-0.05, 0) is 36.4 Å². The van der Waals surface area contributed by atoms with Crippen LogP contribution in [0.5, 0.6) is 11.5 Å². The first kappa shape index (κ1) is 18.4. The second-order valence-electron chi connectivity index (χ2n) is 5.60. The van der Waals surface area contributed by atoms with Gasteiger partial charge in [0, 0.05) is 24.1 Å². The maximum atomic E-state index is 13.2. The zero-order valence-corrected chi connectivity index (χ0v) is 14.9. The molecule has 0 fully saturated rings. The predicted octanol–water partition coefficient (Wildman–Crippen LogP) is 2.87. The first-order chi connectivity index (χ1) is 13.1. The molecule has 0 radical (unpaired) electrons. The van der Waals surface area contributed by atoms with Crippen molar-refractivity contribution >= 4 is 5.91 Å². The van der Waals surface area contributed by atoms with Gasteiger partial charge in [0.05, 0.1) is 14.2 Å². The zero-order chi connectivity index (χ0) is 19.2. The Balaban J connectivity index is 1.60. The first-order valence-corrected chi connectivity index (χ1v) is 8.19. The molecule has 0 aliphatic heterocycles. The van der Waals surface area contributed by atoms with Gasteiger partial charge in [-0.2, -0.15) is 4.98 Å². The van der Waals surface area contributed by atoms with Gasteiger partial charge in [0.1, 0.15) is 5.82 Å². The summed E-state index contributed by atoms with van der Waals surface area (Å²) in [6, 6.07) is 10.8. The first-order valence-electron chi connectivity index (χ1n) is 8.19. The van der Waals surface area contributed by atoms with E-state index in [9.17, 15) is 9.18 Å². The molecule has 1 N–H and O–H groups in total. The van der Waals surface area contributed by atoms with Crippen molar-refractivity contribution in [2.75, 3.05) is 20.8 Å². The quantitative estimate of drug-likeness (QED) is 0.687. The molecule has 140 valence electrons. The molecule has 8 heteroatoms. The average molecular weight is 371 g/mol. The minimum atomic E-state index is -0.459. The monoisotopic (exact) mass is 371 g/mol. The largest absolute Gasteiger partial charge is 0.493 e. The van der Waals surface area contributed by atoms with Crippen molar-refractivity contribution in [2.45, 2.75) is 6.42 Å². The van der Waals surface area contributed by atoms with Crippen LogP contribution in [0.15, 0.2) is 47.0 Å². The van der Waals surface area contributed by atoms with Crippen LogP contribution in [0.2, 0.25) is 0 Å². The van der Waals surface area contributed by atoms with Crippen molar-refractivity contribution in [2.24, 2.45) is 0 Å². The lowest BCUT2D eigenvalue weighted by Gasteiger charge is -2.07. The van der Waals surface area contributed by atoms with Crippen LogP contribution in [-0.4, -0.2) is 36.8 Å². The summed E-state index contributed by atoms with van der Waals surface area (Å²) in [6.07, 6.45) is 0.349. The van der Waals surface area contributed by atoms with Crippen molar-refractivity contribution in [3.05, 3.63) is 59.7 Å². The highest BCUT2D eigenvalue weighted by Gasteiger charge is 2.13. The molecule has 3 rings (SSSR count). The third-order valence-electron chi connectivity index (χ3n) is 3.82. The molecule has 1 heterocycles. The molecule has 0 atom stereocenters. The van der Waals surface area contributed by atoms with Gasteiger partial charge in [-0.25, -0.2) is 4.39 Å². The Kier molecular flexibility index (Phi) is 5.65. The molecule has 0 aliphatic rings. The van der Waals surface area contributed by atoms with Crippen LogP contribution in [0.3, 0.4) is 0 Å². The van der Waals surface area contributed by atoms with E-state index >= 15 is 0 Å². The highest BCUT2D eigenvalue weighted by atomic mass is 19.1. The number of methoxy groups -OCH3 is 2. The topological polar surface area (TPSA) is 86.5 Å². The standard InChI is InChI=1S/C19H18FN3O4/c1-25-15-7-6-12(11-16(15)26-2)18-22-17(27-23-18)8-9-21-19(24)13-4-3-5-14(20)10-13/h3-7,10-11H,8-9H2,1-2H3,(H,21,24). The van der Waals surface area contributed by atoms with Crippen LogP contribution in [0.4, 0.5) is 4.39 Å². The Morgan fingerprint density at radius 2 is 1.96 bits per heavy atom. The zero-order valence-electron chi connectivity index (χ0n) is 14.9. The fraction of sp³-hybridized carbons (Fsp3) is 0.211. The van der Waals surface area contributed by atoms with E-state index in [2.05, 4.69) is 15.5 Å². The Labute approximate surface area is 155 Å². The number of halogens is 1. The number of hydrogen-bond donors (Lipinski definition) is 1. The number of nitrogens with zero attached hydrogens (tertiary/aromatic N) is 2. The number of hydrogen-bond acceptors (Lipinski definition) is 6. The van der Waals surface area contributed by atoms with Crippen molar-refractivity contribution in [3.63, 3.8) is 0 Å². The smallest absolute Gasteiger partial charge is 0.251 e. The molecule has 3 aromatic rings. The normalized spacial score (nSPS) is 10.5. The minimum Gasteiger partial charge on any atom is -0.493 e. The lowest BCUT2D eigenvalue weighted by Crippen LogP contribution is -2.25. The molecule has 2 aromatic carbocycles. The predicted molar refractivity (Wildman–Crippen MR) is 95.3 cm³/mol. The fourth-order valence-electron chi connectivity index (χ4n) is 2.46. The highest BCUT2D eigenvalue weighted by Crippen LogP contribution is 2.31. The maximum Gasteiger partial charge on any atom is 0.251 e. The van der Waals surface area contributed by atoms with Crippen molar-refractivity contribution < 1.29 is 23.2 Å². The van der Waals surface area contributed by atoms with Crippen LogP contribution < -0.4 is 14.8 Å². The third kappa shape index (κ3) is 4.41. The molecule has 0 bridgehead atoms. The van der Waals surface area contributed by atoms with Crippen LogP contribution in [0.1, 0.15) is 16.2 Å². The minimum absolute atomic E-state index is 0.256. The summed E-state index contributed by atoms with van der Waals surface area (Å²) < 4.78 is 28.8. The Hall–Kier alpha value is -3.42. The highest BCUT2D eigenvalue weighted by molar-refractivity contribution is 5.94. The molecule has 0 saturated carbocycles. The number of carbonyl (C=O) groups is 1. The van der Waals surface area contributed by atoms with E-state index in [1.54, 1.807) is 38.5 Å². The molecule has 7 nitrogen and oxygen atoms in total. The molecular formula is C19H18FN3O4. The maximum absolute atomic E-state index is 13.2. The summed E-state index contributed by atoms with van der Waals surface area (Å²) in [5.41, 5.74) is 0.970. The number of amides is 1. The van der Waals surface area contributed by atoms with E-state index in [4.69, 9.17) is 14.0 Å². The van der Waals surface area contributed by atoms with E-state index < -0.39 is 5.82 Å². The van der Waals surface area contributed by atoms with Crippen LogP contribution in [0, 0.1) is 5.82 Å². The lowest BCUT2D eigenvalue weighted by molar-refractivity contribution is 0.0953. The SMILES string of the molecule is COc1ccc(-c2noc(CCNC(=O)c3cccc(F)c3)n2)cc1OC. The number of carbonyl (C=O) groups excluding carboxylic acids is 1. The van der Waals surface area contributed by atoms with Gasteiger partial charge >= 0.3 is 0 Å².